The second kappa shape index (κ2) is 5.37. The molecule has 72 valence electrons. The molecule has 0 fully saturated rings. The van der Waals surface area contributed by atoms with Gasteiger partial charge in [0, 0.05) is 13.7 Å². The Morgan fingerprint density at radius 1 is 1.38 bits per heavy atom. The first-order valence-corrected chi connectivity index (χ1v) is 4.09. The Hall–Kier alpha value is -1.29. The molecule has 1 aromatic rings. The summed E-state index contributed by atoms with van der Waals surface area (Å²) in [5, 5.41) is 3.11. The minimum atomic E-state index is 0.674. The molecule has 0 atom stereocenters. The number of pyridine rings is 1. The van der Waals surface area contributed by atoms with Crippen molar-refractivity contribution in [1.29, 1.82) is 0 Å². The third-order valence-corrected chi connectivity index (χ3v) is 1.58. The summed E-state index contributed by atoms with van der Waals surface area (Å²) in [5.74, 6) is 1.59. The number of rotatable bonds is 5. The van der Waals surface area contributed by atoms with Crippen LogP contribution < -0.4 is 10.1 Å². The lowest BCUT2D eigenvalue weighted by Crippen LogP contribution is -2.08. The Balaban J connectivity index is 2.40. The van der Waals surface area contributed by atoms with Crippen molar-refractivity contribution < 1.29 is 9.47 Å². The Labute approximate surface area is 77.9 Å². The predicted molar refractivity (Wildman–Crippen MR) is 51.2 cm³/mol. The van der Waals surface area contributed by atoms with E-state index >= 15 is 0 Å². The number of hydrogen-bond acceptors (Lipinski definition) is 4. The fraction of sp³-hybridized carbons (Fsp3) is 0.444. The summed E-state index contributed by atoms with van der Waals surface area (Å²) >= 11 is 0. The summed E-state index contributed by atoms with van der Waals surface area (Å²) in [7, 11) is 3.29. The lowest BCUT2D eigenvalue weighted by atomic mass is 10.4. The maximum atomic E-state index is 4.98. The normalized spacial score (nSPS) is 9.69. The van der Waals surface area contributed by atoms with Crippen LogP contribution >= 0.6 is 0 Å². The minimum absolute atomic E-state index is 0.674. The Bertz CT molecular complexity index is 236. The highest BCUT2D eigenvalue weighted by molar-refractivity contribution is 5.37. The van der Waals surface area contributed by atoms with E-state index in [1.165, 1.54) is 0 Å². The molecule has 4 heteroatoms. The zero-order valence-electron chi connectivity index (χ0n) is 7.91. The van der Waals surface area contributed by atoms with Crippen LogP contribution in [0.15, 0.2) is 18.3 Å². The average molecular weight is 182 g/mol. The van der Waals surface area contributed by atoms with Crippen LogP contribution in [0.3, 0.4) is 0 Å². The van der Waals surface area contributed by atoms with Gasteiger partial charge in [0.05, 0.1) is 19.9 Å². The van der Waals surface area contributed by atoms with Gasteiger partial charge in [-0.1, -0.05) is 0 Å². The summed E-state index contributed by atoms with van der Waals surface area (Å²) < 4.78 is 9.87. The van der Waals surface area contributed by atoms with Gasteiger partial charge in [-0.25, -0.2) is 4.98 Å². The highest BCUT2D eigenvalue weighted by Crippen LogP contribution is 2.10. The molecule has 4 nitrogen and oxygen atoms in total. The molecule has 0 aliphatic heterocycles. The van der Waals surface area contributed by atoms with Crippen molar-refractivity contribution in [3.63, 3.8) is 0 Å². The number of hydrogen-bond donors (Lipinski definition) is 1. The fourth-order valence-electron chi connectivity index (χ4n) is 0.887. The molecule has 0 saturated heterocycles. The van der Waals surface area contributed by atoms with Gasteiger partial charge in [0.2, 0.25) is 0 Å². The average Bonchev–Trinajstić information content (AvgIpc) is 2.19. The molecular formula is C9H14N2O2. The molecule has 0 amide bonds. The molecule has 0 radical (unpaired) electrons. The van der Waals surface area contributed by atoms with Gasteiger partial charge in [-0.3, -0.25) is 0 Å². The molecule has 0 aliphatic rings. The van der Waals surface area contributed by atoms with Gasteiger partial charge in [0.25, 0.3) is 0 Å². The van der Waals surface area contributed by atoms with Crippen LogP contribution in [0.5, 0.6) is 5.75 Å². The molecule has 1 aromatic heterocycles. The van der Waals surface area contributed by atoms with Crippen LogP contribution in [0, 0.1) is 0 Å². The molecule has 0 spiro atoms. The van der Waals surface area contributed by atoms with Gasteiger partial charge in [0.1, 0.15) is 11.6 Å². The predicted octanol–water partition coefficient (Wildman–Crippen LogP) is 1.15. The molecule has 13 heavy (non-hydrogen) atoms. The van der Waals surface area contributed by atoms with Crippen molar-refractivity contribution >= 4 is 5.82 Å². The number of methoxy groups -OCH3 is 2. The van der Waals surface area contributed by atoms with Gasteiger partial charge >= 0.3 is 0 Å². The van der Waals surface area contributed by atoms with E-state index in [-0.39, 0.29) is 0 Å². The van der Waals surface area contributed by atoms with Gasteiger partial charge in [-0.2, -0.15) is 0 Å². The quantitative estimate of drug-likeness (QED) is 0.694. The van der Waals surface area contributed by atoms with Crippen LogP contribution in [0.4, 0.5) is 5.82 Å². The van der Waals surface area contributed by atoms with Crippen molar-refractivity contribution in [2.24, 2.45) is 0 Å². The molecule has 1 heterocycles. The first-order chi connectivity index (χ1) is 6.36. The topological polar surface area (TPSA) is 43.4 Å². The monoisotopic (exact) mass is 182 g/mol. The lowest BCUT2D eigenvalue weighted by Gasteiger charge is -2.04. The Morgan fingerprint density at radius 3 is 2.77 bits per heavy atom. The smallest absolute Gasteiger partial charge is 0.137 e. The SMILES string of the molecule is COCCNc1ccc(OC)cn1. The van der Waals surface area contributed by atoms with E-state index in [2.05, 4.69) is 10.3 Å². The van der Waals surface area contributed by atoms with Crippen LogP contribution in [-0.4, -0.2) is 32.4 Å². The molecule has 0 saturated carbocycles. The van der Waals surface area contributed by atoms with E-state index in [9.17, 15) is 0 Å². The maximum Gasteiger partial charge on any atom is 0.137 e. The van der Waals surface area contributed by atoms with Crippen molar-refractivity contribution in [2.75, 3.05) is 32.7 Å². The number of anilines is 1. The van der Waals surface area contributed by atoms with Crippen LogP contribution in [-0.2, 0) is 4.74 Å². The molecule has 0 aliphatic carbocycles. The van der Waals surface area contributed by atoms with Gasteiger partial charge in [-0.05, 0) is 12.1 Å². The first-order valence-electron chi connectivity index (χ1n) is 4.09. The molecule has 1 N–H and O–H groups in total. The highest BCUT2D eigenvalue weighted by Gasteiger charge is 1.93. The molecule has 0 unspecified atom stereocenters. The number of aromatic nitrogens is 1. The van der Waals surface area contributed by atoms with E-state index in [4.69, 9.17) is 9.47 Å². The minimum Gasteiger partial charge on any atom is -0.495 e. The fourth-order valence-corrected chi connectivity index (χ4v) is 0.887. The van der Waals surface area contributed by atoms with Crippen LogP contribution in [0.25, 0.3) is 0 Å². The van der Waals surface area contributed by atoms with Gasteiger partial charge < -0.3 is 14.8 Å². The number of nitrogens with zero attached hydrogens (tertiary/aromatic N) is 1. The van der Waals surface area contributed by atoms with E-state index in [0.29, 0.717) is 6.61 Å². The highest BCUT2D eigenvalue weighted by atomic mass is 16.5. The molecule has 0 bridgehead atoms. The Kier molecular flexibility index (Phi) is 4.05. The van der Waals surface area contributed by atoms with E-state index < -0.39 is 0 Å². The van der Waals surface area contributed by atoms with Crippen LogP contribution in [0.2, 0.25) is 0 Å². The van der Waals surface area contributed by atoms with Crippen molar-refractivity contribution in [3.8, 4) is 5.75 Å². The second-order valence-corrected chi connectivity index (χ2v) is 2.50. The summed E-state index contributed by atoms with van der Waals surface area (Å²) in [5.41, 5.74) is 0. The number of nitrogens with one attached hydrogen (secondary N) is 1. The first kappa shape index (κ1) is 9.80. The standard InChI is InChI=1S/C9H14N2O2/c1-12-6-5-10-9-4-3-8(13-2)7-11-9/h3-4,7H,5-6H2,1-2H3,(H,10,11). The van der Waals surface area contributed by atoms with Crippen LogP contribution in [0.1, 0.15) is 0 Å². The lowest BCUT2D eigenvalue weighted by molar-refractivity contribution is 0.210. The molecule has 0 aromatic carbocycles. The van der Waals surface area contributed by atoms with Gasteiger partial charge in [0.15, 0.2) is 0 Å². The summed E-state index contributed by atoms with van der Waals surface area (Å²) in [4.78, 5) is 4.13. The molecular weight excluding hydrogens is 168 g/mol. The van der Waals surface area contributed by atoms with E-state index in [0.717, 1.165) is 18.1 Å². The number of ether oxygens (including phenoxy) is 2. The van der Waals surface area contributed by atoms with Crippen molar-refractivity contribution in [2.45, 2.75) is 0 Å². The van der Waals surface area contributed by atoms with Crippen molar-refractivity contribution in [3.05, 3.63) is 18.3 Å². The summed E-state index contributed by atoms with van der Waals surface area (Å²) in [6.45, 7) is 1.43. The molecule has 1 rings (SSSR count). The third-order valence-electron chi connectivity index (χ3n) is 1.58. The van der Waals surface area contributed by atoms with Gasteiger partial charge in [-0.15, -0.1) is 0 Å². The maximum absolute atomic E-state index is 4.98. The van der Waals surface area contributed by atoms with E-state index in [1.807, 2.05) is 12.1 Å². The van der Waals surface area contributed by atoms with E-state index in [1.54, 1.807) is 20.4 Å². The second-order valence-electron chi connectivity index (χ2n) is 2.50. The largest absolute Gasteiger partial charge is 0.495 e. The van der Waals surface area contributed by atoms with Crippen molar-refractivity contribution in [1.82, 2.24) is 4.98 Å². The third kappa shape index (κ3) is 3.29. The Morgan fingerprint density at radius 2 is 2.23 bits per heavy atom. The summed E-state index contributed by atoms with van der Waals surface area (Å²) in [6, 6.07) is 3.73. The zero-order chi connectivity index (χ0) is 9.52. The zero-order valence-corrected chi connectivity index (χ0v) is 7.91. The summed E-state index contributed by atoms with van der Waals surface area (Å²) in [6.07, 6.45) is 1.68.